The molecule has 1 aliphatic rings. The van der Waals surface area contributed by atoms with Crippen molar-refractivity contribution in [2.45, 2.75) is 26.4 Å². The lowest BCUT2D eigenvalue weighted by molar-refractivity contribution is 0.220. The molecule has 18 heavy (non-hydrogen) atoms. The highest BCUT2D eigenvalue weighted by Crippen LogP contribution is 2.23. The zero-order valence-corrected chi connectivity index (χ0v) is 11.9. The third-order valence-electron chi connectivity index (χ3n) is 3.29. The molecular formula is C14H15BrN2O. The summed E-state index contributed by atoms with van der Waals surface area (Å²) in [4.78, 5) is 6.64. The van der Waals surface area contributed by atoms with Crippen LogP contribution in [0.1, 0.15) is 22.8 Å². The van der Waals surface area contributed by atoms with Gasteiger partial charge in [0.2, 0.25) is 5.89 Å². The summed E-state index contributed by atoms with van der Waals surface area (Å²) >= 11 is 3.52. The van der Waals surface area contributed by atoms with Gasteiger partial charge in [0.1, 0.15) is 5.76 Å². The Hall–Kier alpha value is -1.13. The van der Waals surface area contributed by atoms with E-state index in [0.717, 1.165) is 42.2 Å². The number of hydrogen-bond acceptors (Lipinski definition) is 3. The second-order valence-electron chi connectivity index (χ2n) is 4.74. The smallest absolute Gasteiger partial charge is 0.208 e. The fourth-order valence-electron chi connectivity index (χ4n) is 2.38. The Morgan fingerprint density at radius 2 is 2.28 bits per heavy atom. The van der Waals surface area contributed by atoms with Crippen molar-refractivity contribution in [3.05, 3.63) is 51.6 Å². The van der Waals surface area contributed by atoms with Gasteiger partial charge in [-0.25, -0.2) is 4.98 Å². The predicted molar refractivity (Wildman–Crippen MR) is 73.2 cm³/mol. The summed E-state index contributed by atoms with van der Waals surface area (Å²) in [5.41, 5.74) is 2.86. The summed E-state index contributed by atoms with van der Waals surface area (Å²) in [5, 5.41) is 0. The topological polar surface area (TPSA) is 29.3 Å². The van der Waals surface area contributed by atoms with Crippen molar-refractivity contribution in [1.82, 2.24) is 9.88 Å². The quantitative estimate of drug-likeness (QED) is 0.852. The minimum Gasteiger partial charge on any atom is -0.445 e. The largest absolute Gasteiger partial charge is 0.445 e. The number of nitrogens with zero attached hydrogens (tertiary/aromatic N) is 2. The maximum atomic E-state index is 5.53. The maximum absolute atomic E-state index is 5.53. The molecule has 4 heteroatoms. The second-order valence-corrected chi connectivity index (χ2v) is 5.65. The van der Waals surface area contributed by atoms with E-state index in [2.05, 4.69) is 44.0 Å². The Morgan fingerprint density at radius 1 is 1.39 bits per heavy atom. The minimum absolute atomic E-state index is 0.795. The van der Waals surface area contributed by atoms with E-state index in [0.29, 0.717) is 0 Å². The number of hydrogen-bond donors (Lipinski definition) is 0. The lowest BCUT2D eigenvalue weighted by atomic mass is 10.00. The van der Waals surface area contributed by atoms with Gasteiger partial charge in [-0.3, -0.25) is 4.90 Å². The molecule has 94 valence electrons. The fraction of sp³-hybridized carbons (Fsp3) is 0.357. The van der Waals surface area contributed by atoms with Gasteiger partial charge < -0.3 is 4.42 Å². The summed E-state index contributed by atoms with van der Waals surface area (Å²) in [6.45, 7) is 4.76. The number of oxazole rings is 1. The first-order valence-corrected chi connectivity index (χ1v) is 6.91. The lowest BCUT2D eigenvalue weighted by Gasteiger charge is -2.27. The first-order valence-electron chi connectivity index (χ1n) is 6.12. The van der Waals surface area contributed by atoms with E-state index in [-0.39, 0.29) is 0 Å². The number of fused-ring (bicyclic) bond motifs is 1. The zero-order chi connectivity index (χ0) is 12.5. The summed E-state index contributed by atoms with van der Waals surface area (Å²) in [6.07, 6.45) is 2.87. The Morgan fingerprint density at radius 3 is 3.06 bits per heavy atom. The summed E-state index contributed by atoms with van der Waals surface area (Å²) in [6, 6.07) is 6.53. The van der Waals surface area contributed by atoms with Gasteiger partial charge in [0, 0.05) is 17.6 Å². The average molecular weight is 307 g/mol. The maximum Gasteiger partial charge on any atom is 0.208 e. The molecule has 0 atom stereocenters. The average Bonchev–Trinajstić information content (AvgIpc) is 2.75. The molecular weight excluding hydrogens is 292 g/mol. The van der Waals surface area contributed by atoms with Crippen molar-refractivity contribution in [1.29, 1.82) is 0 Å². The zero-order valence-electron chi connectivity index (χ0n) is 10.3. The number of halogens is 1. The highest BCUT2D eigenvalue weighted by atomic mass is 79.9. The number of aryl methyl sites for hydroxylation is 1. The van der Waals surface area contributed by atoms with Crippen LogP contribution in [0.5, 0.6) is 0 Å². The summed E-state index contributed by atoms with van der Waals surface area (Å²) in [5.74, 6) is 1.69. The molecule has 0 fully saturated rings. The van der Waals surface area contributed by atoms with Crippen molar-refractivity contribution in [3.8, 4) is 0 Å². The molecule has 3 nitrogen and oxygen atoms in total. The van der Waals surface area contributed by atoms with Crippen LogP contribution in [-0.4, -0.2) is 16.4 Å². The van der Waals surface area contributed by atoms with Crippen molar-refractivity contribution in [2.75, 3.05) is 6.54 Å². The van der Waals surface area contributed by atoms with Crippen LogP contribution in [0.15, 0.2) is 33.3 Å². The minimum atomic E-state index is 0.795. The summed E-state index contributed by atoms with van der Waals surface area (Å²) < 4.78 is 6.70. The molecule has 1 aliphatic heterocycles. The van der Waals surface area contributed by atoms with E-state index in [9.17, 15) is 0 Å². The van der Waals surface area contributed by atoms with Gasteiger partial charge in [-0.2, -0.15) is 0 Å². The monoisotopic (exact) mass is 306 g/mol. The van der Waals surface area contributed by atoms with Gasteiger partial charge >= 0.3 is 0 Å². The highest BCUT2D eigenvalue weighted by Gasteiger charge is 2.17. The lowest BCUT2D eigenvalue weighted by Crippen LogP contribution is -2.30. The fourth-order valence-corrected chi connectivity index (χ4v) is 2.79. The molecule has 0 N–H and O–H groups in total. The molecule has 1 aromatic heterocycles. The molecule has 1 aromatic carbocycles. The molecule has 0 saturated carbocycles. The molecule has 2 aromatic rings. The van der Waals surface area contributed by atoms with E-state index in [1.165, 1.54) is 11.1 Å². The highest BCUT2D eigenvalue weighted by molar-refractivity contribution is 9.10. The van der Waals surface area contributed by atoms with Crippen LogP contribution in [0.2, 0.25) is 0 Å². The standard InChI is InChI=1S/C14H15BrN2O/c1-10-7-16-14(18-10)9-17-5-4-11-6-13(15)3-2-12(11)8-17/h2-3,6-7H,4-5,8-9H2,1H3. The molecule has 0 unspecified atom stereocenters. The van der Waals surface area contributed by atoms with Crippen LogP contribution >= 0.6 is 15.9 Å². The first kappa shape index (κ1) is 11.9. The van der Waals surface area contributed by atoms with Crippen LogP contribution in [0.25, 0.3) is 0 Å². The third-order valence-corrected chi connectivity index (χ3v) is 3.78. The molecule has 0 radical (unpaired) electrons. The van der Waals surface area contributed by atoms with E-state index in [4.69, 9.17) is 4.42 Å². The number of benzene rings is 1. The van der Waals surface area contributed by atoms with Gasteiger partial charge in [0.05, 0.1) is 12.7 Å². The molecule has 0 bridgehead atoms. The number of rotatable bonds is 2. The molecule has 2 heterocycles. The van der Waals surface area contributed by atoms with E-state index in [1.807, 2.05) is 6.92 Å². The molecule has 0 spiro atoms. The molecule has 0 amide bonds. The normalized spacial score (nSPS) is 15.7. The van der Waals surface area contributed by atoms with Crippen LogP contribution in [0, 0.1) is 6.92 Å². The van der Waals surface area contributed by atoms with Crippen LogP contribution in [0.4, 0.5) is 0 Å². The van der Waals surface area contributed by atoms with Crippen molar-refractivity contribution >= 4 is 15.9 Å². The summed E-state index contributed by atoms with van der Waals surface area (Å²) in [7, 11) is 0. The van der Waals surface area contributed by atoms with Gasteiger partial charge in [0.15, 0.2) is 0 Å². The Kier molecular flexibility index (Phi) is 3.22. The van der Waals surface area contributed by atoms with Crippen LogP contribution in [0.3, 0.4) is 0 Å². The second kappa shape index (κ2) is 4.86. The van der Waals surface area contributed by atoms with Gasteiger partial charge in [0.25, 0.3) is 0 Å². The SMILES string of the molecule is Cc1cnc(CN2CCc3cc(Br)ccc3C2)o1. The third kappa shape index (κ3) is 2.49. The molecule has 0 aliphatic carbocycles. The van der Waals surface area contributed by atoms with Gasteiger partial charge in [-0.15, -0.1) is 0 Å². The predicted octanol–water partition coefficient (Wildman–Crippen LogP) is 3.30. The van der Waals surface area contributed by atoms with Crippen LogP contribution < -0.4 is 0 Å². The Balaban J connectivity index is 1.73. The van der Waals surface area contributed by atoms with Crippen molar-refractivity contribution < 1.29 is 4.42 Å². The van der Waals surface area contributed by atoms with Crippen molar-refractivity contribution in [2.24, 2.45) is 0 Å². The van der Waals surface area contributed by atoms with Crippen molar-refractivity contribution in [3.63, 3.8) is 0 Å². The first-order chi connectivity index (χ1) is 8.70. The van der Waals surface area contributed by atoms with E-state index < -0.39 is 0 Å². The Bertz CT molecular complexity index is 565. The molecule has 0 saturated heterocycles. The van der Waals surface area contributed by atoms with Crippen LogP contribution in [-0.2, 0) is 19.5 Å². The van der Waals surface area contributed by atoms with Gasteiger partial charge in [-0.1, -0.05) is 22.0 Å². The Labute approximate surface area is 115 Å². The van der Waals surface area contributed by atoms with E-state index in [1.54, 1.807) is 6.20 Å². The van der Waals surface area contributed by atoms with Gasteiger partial charge in [-0.05, 0) is 36.6 Å². The number of aromatic nitrogens is 1. The molecule has 3 rings (SSSR count). The van der Waals surface area contributed by atoms with E-state index >= 15 is 0 Å².